The molecule has 0 saturated carbocycles. The molecule has 19 heavy (non-hydrogen) atoms. The highest BCUT2D eigenvalue weighted by atomic mass is 32.2. The maximum absolute atomic E-state index is 12.3. The van der Waals surface area contributed by atoms with Gasteiger partial charge in [-0.15, -0.1) is 0 Å². The largest absolute Gasteiger partial charge is 0.417 e. The molecular weight excluding hydrogens is 283 g/mol. The van der Waals surface area contributed by atoms with Crippen LogP contribution in [0.2, 0.25) is 0 Å². The number of nitrogens with one attached hydrogen (secondary N) is 2. The summed E-state index contributed by atoms with van der Waals surface area (Å²) in [5.41, 5.74) is -0.855. The van der Waals surface area contributed by atoms with Crippen molar-refractivity contribution in [2.75, 3.05) is 12.8 Å². The summed E-state index contributed by atoms with van der Waals surface area (Å²) in [7, 11) is 1.35. The molecule has 0 radical (unpaired) electrons. The predicted molar refractivity (Wildman–Crippen MR) is 62.6 cm³/mol. The number of rotatable bonds is 3. The van der Waals surface area contributed by atoms with Crippen LogP contribution in [0, 0.1) is 0 Å². The number of alkyl halides is 3. The molecule has 0 bridgehead atoms. The molecule has 1 rings (SSSR count). The molecule has 0 saturated heterocycles. The number of amides is 3. The number of pyridine rings is 1. The average Bonchev–Trinajstić information content (AvgIpc) is 2.35. The van der Waals surface area contributed by atoms with E-state index in [-0.39, 0.29) is 10.8 Å². The quantitative estimate of drug-likeness (QED) is 0.831. The van der Waals surface area contributed by atoms with E-state index in [2.05, 4.69) is 10.3 Å². The van der Waals surface area contributed by atoms with E-state index in [1.54, 1.807) is 0 Å². The molecule has 0 aromatic carbocycles. The second kappa shape index (κ2) is 6.41. The van der Waals surface area contributed by atoms with Gasteiger partial charge in [0.15, 0.2) is 0 Å². The molecule has 0 spiro atoms. The average molecular weight is 293 g/mol. The number of halogens is 3. The number of carbonyl (C=O) groups excluding carboxylic acids is 2. The van der Waals surface area contributed by atoms with Crippen LogP contribution in [0.4, 0.5) is 18.0 Å². The smallest absolute Gasteiger partial charge is 0.341 e. The third-order valence-corrected chi connectivity index (χ3v) is 2.84. The van der Waals surface area contributed by atoms with E-state index >= 15 is 0 Å². The van der Waals surface area contributed by atoms with Crippen molar-refractivity contribution >= 4 is 23.7 Å². The summed E-state index contributed by atoms with van der Waals surface area (Å²) in [6.45, 7) is 0. The highest BCUT2D eigenvalue weighted by Gasteiger charge is 2.30. The molecule has 3 amide bonds. The second-order valence-electron chi connectivity index (χ2n) is 3.30. The SMILES string of the molecule is CNC(=O)NC(=O)CSc1ccc(C(F)(F)F)cn1. The lowest BCUT2D eigenvalue weighted by atomic mass is 10.3. The third-order valence-electron chi connectivity index (χ3n) is 1.89. The number of aromatic nitrogens is 1. The minimum atomic E-state index is -4.44. The first-order valence-corrected chi connectivity index (χ1v) is 5.99. The topological polar surface area (TPSA) is 71.1 Å². The van der Waals surface area contributed by atoms with Gasteiger partial charge in [-0.05, 0) is 12.1 Å². The van der Waals surface area contributed by atoms with Crippen molar-refractivity contribution in [3.05, 3.63) is 23.9 Å². The lowest BCUT2D eigenvalue weighted by Crippen LogP contribution is -2.38. The van der Waals surface area contributed by atoms with E-state index in [0.717, 1.165) is 17.8 Å². The number of nitrogens with zero attached hydrogens (tertiary/aromatic N) is 1. The number of imide groups is 1. The lowest BCUT2D eigenvalue weighted by molar-refractivity contribution is -0.137. The molecule has 1 heterocycles. The minimum absolute atomic E-state index is 0.119. The lowest BCUT2D eigenvalue weighted by Gasteiger charge is -2.06. The predicted octanol–water partition coefficient (Wildman–Crippen LogP) is 1.65. The Morgan fingerprint density at radius 2 is 2.05 bits per heavy atom. The van der Waals surface area contributed by atoms with Gasteiger partial charge in [0.25, 0.3) is 0 Å². The van der Waals surface area contributed by atoms with Crippen LogP contribution in [-0.4, -0.2) is 29.7 Å². The van der Waals surface area contributed by atoms with E-state index < -0.39 is 23.7 Å². The van der Waals surface area contributed by atoms with Crippen molar-refractivity contribution in [3.8, 4) is 0 Å². The first-order chi connectivity index (χ1) is 8.82. The molecule has 1 aromatic rings. The maximum atomic E-state index is 12.3. The van der Waals surface area contributed by atoms with Gasteiger partial charge < -0.3 is 5.32 Å². The molecule has 0 aliphatic heterocycles. The van der Waals surface area contributed by atoms with E-state index in [0.29, 0.717) is 6.20 Å². The second-order valence-corrected chi connectivity index (χ2v) is 4.29. The molecule has 1 aromatic heterocycles. The molecule has 0 fully saturated rings. The van der Waals surface area contributed by atoms with Gasteiger partial charge >= 0.3 is 12.2 Å². The maximum Gasteiger partial charge on any atom is 0.417 e. The van der Waals surface area contributed by atoms with Crippen molar-refractivity contribution in [2.45, 2.75) is 11.2 Å². The number of hydrogen-bond donors (Lipinski definition) is 2. The van der Waals surface area contributed by atoms with Crippen LogP contribution in [0.3, 0.4) is 0 Å². The van der Waals surface area contributed by atoms with Crippen LogP contribution >= 0.6 is 11.8 Å². The highest BCUT2D eigenvalue weighted by molar-refractivity contribution is 7.99. The molecule has 2 N–H and O–H groups in total. The zero-order chi connectivity index (χ0) is 14.5. The molecule has 0 unspecified atom stereocenters. The Bertz CT molecular complexity index is 462. The van der Waals surface area contributed by atoms with Gasteiger partial charge in [-0.1, -0.05) is 11.8 Å². The van der Waals surface area contributed by atoms with Crippen LogP contribution in [0.25, 0.3) is 0 Å². The van der Waals surface area contributed by atoms with E-state index in [1.807, 2.05) is 5.32 Å². The van der Waals surface area contributed by atoms with Crippen molar-refractivity contribution in [1.29, 1.82) is 0 Å². The number of carbonyl (C=O) groups is 2. The molecular formula is C10H10F3N3O2S. The normalized spacial score (nSPS) is 10.9. The minimum Gasteiger partial charge on any atom is -0.341 e. The Labute approximate surface area is 111 Å². The zero-order valence-electron chi connectivity index (χ0n) is 9.75. The summed E-state index contributed by atoms with van der Waals surface area (Å²) >= 11 is 0.930. The fourth-order valence-electron chi connectivity index (χ4n) is 0.998. The van der Waals surface area contributed by atoms with Gasteiger partial charge in [0.05, 0.1) is 16.3 Å². The van der Waals surface area contributed by atoms with Gasteiger partial charge in [-0.2, -0.15) is 13.2 Å². The van der Waals surface area contributed by atoms with Crippen LogP contribution in [0.1, 0.15) is 5.56 Å². The Morgan fingerprint density at radius 3 is 2.53 bits per heavy atom. The molecule has 5 nitrogen and oxygen atoms in total. The molecule has 0 aliphatic carbocycles. The van der Waals surface area contributed by atoms with Gasteiger partial charge in [-0.3, -0.25) is 10.1 Å². The molecule has 104 valence electrons. The highest BCUT2D eigenvalue weighted by Crippen LogP contribution is 2.29. The van der Waals surface area contributed by atoms with Gasteiger partial charge in [-0.25, -0.2) is 9.78 Å². The van der Waals surface area contributed by atoms with Gasteiger partial charge in [0.1, 0.15) is 0 Å². The van der Waals surface area contributed by atoms with Crippen molar-refractivity contribution < 1.29 is 22.8 Å². The van der Waals surface area contributed by atoms with Crippen molar-refractivity contribution in [1.82, 2.24) is 15.6 Å². The molecule has 0 atom stereocenters. The van der Waals surface area contributed by atoms with Crippen LogP contribution in [0.15, 0.2) is 23.4 Å². The number of hydrogen-bond acceptors (Lipinski definition) is 4. The molecule has 0 aliphatic rings. The Kier molecular flexibility index (Phi) is 5.16. The Hall–Kier alpha value is -1.77. The standard InChI is InChI=1S/C10H10F3N3O2S/c1-14-9(18)16-7(17)5-19-8-3-2-6(4-15-8)10(11,12)13/h2-4H,5H2,1H3,(H2,14,16,17,18). The Morgan fingerprint density at radius 1 is 1.37 bits per heavy atom. The van der Waals surface area contributed by atoms with E-state index in [1.165, 1.54) is 13.1 Å². The van der Waals surface area contributed by atoms with E-state index in [4.69, 9.17) is 0 Å². The van der Waals surface area contributed by atoms with Crippen LogP contribution in [0.5, 0.6) is 0 Å². The number of urea groups is 1. The van der Waals surface area contributed by atoms with Crippen molar-refractivity contribution in [2.24, 2.45) is 0 Å². The summed E-state index contributed by atoms with van der Waals surface area (Å²) in [4.78, 5) is 25.6. The van der Waals surface area contributed by atoms with Gasteiger partial charge in [0.2, 0.25) is 5.91 Å². The van der Waals surface area contributed by atoms with Crippen molar-refractivity contribution in [3.63, 3.8) is 0 Å². The summed E-state index contributed by atoms with van der Waals surface area (Å²) in [6.07, 6.45) is -3.74. The third kappa shape index (κ3) is 5.16. The summed E-state index contributed by atoms with van der Waals surface area (Å²) in [5, 5.41) is 4.48. The molecule has 9 heteroatoms. The number of thioether (sulfide) groups is 1. The fraction of sp³-hybridized carbons (Fsp3) is 0.300. The first-order valence-electron chi connectivity index (χ1n) is 5.00. The summed E-state index contributed by atoms with van der Waals surface area (Å²) in [6, 6.07) is 1.40. The fourth-order valence-corrected chi connectivity index (χ4v) is 1.64. The van der Waals surface area contributed by atoms with Crippen LogP contribution < -0.4 is 10.6 Å². The van der Waals surface area contributed by atoms with Gasteiger partial charge in [0, 0.05) is 13.2 Å². The monoisotopic (exact) mass is 293 g/mol. The Balaban J connectivity index is 2.51. The summed E-state index contributed by atoms with van der Waals surface area (Å²) < 4.78 is 36.8. The van der Waals surface area contributed by atoms with E-state index in [9.17, 15) is 22.8 Å². The van der Waals surface area contributed by atoms with Crippen LogP contribution in [-0.2, 0) is 11.0 Å². The first kappa shape index (κ1) is 15.3. The summed E-state index contributed by atoms with van der Waals surface area (Å²) in [5.74, 6) is -0.683. The zero-order valence-corrected chi connectivity index (χ0v) is 10.6.